The maximum absolute atomic E-state index is 13.6. The molecule has 2 aromatic heterocycles. The van der Waals surface area contributed by atoms with E-state index in [1.807, 2.05) is 30.3 Å². The summed E-state index contributed by atoms with van der Waals surface area (Å²) in [7, 11) is 2.15. The van der Waals surface area contributed by atoms with Gasteiger partial charge in [0.2, 0.25) is 5.91 Å². The highest BCUT2D eigenvalue weighted by Gasteiger charge is 2.22. The van der Waals surface area contributed by atoms with E-state index < -0.39 is 0 Å². The molecule has 0 atom stereocenters. The summed E-state index contributed by atoms with van der Waals surface area (Å²) in [5.41, 5.74) is 7.39. The summed E-state index contributed by atoms with van der Waals surface area (Å²) < 4.78 is 19.5. The smallest absolute Gasteiger partial charge is 0.247 e. The van der Waals surface area contributed by atoms with E-state index in [2.05, 4.69) is 73.3 Å². The number of rotatable bonds is 10. The highest BCUT2D eigenvalue weighted by molar-refractivity contribution is 6.32. The molecule has 3 N–H and O–H groups in total. The van der Waals surface area contributed by atoms with Gasteiger partial charge in [0.15, 0.2) is 0 Å². The van der Waals surface area contributed by atoms with Gasteiger partial charge in [-0.05, 0) is 84.4 Å². The molecule has 0 radical (unpaired) electrons. The van der Waals surface area contributed by atoms with Gasteiger partial charge in [0.25, 0.3) is 0 Å². The number of aromatic nitrogens is 3. The summed E-state index contributed by atoms with van der Waals surface area (Å²) in [6.45, 7) is 7.76. The molecule has 0 saturated carbocycles. The number of aromatic amines is 1. The van der Waals surface area contributed by atoms with Crippen molar-refractivity contribution in [1.82, 2.24) is 19.9 Å². The van der Waals surface area contributed by atoms with Crippen LogP contribution in [0.2, 0.25) is 5.02 Å². The lowest BCUT2D eigenvalue weighted by molar-refractivity contribution is -0.111. The maximum atomic E-state index is 13.6. The average Bonchev–Trinajstić information content (AvgIpc) is 3.53. The zero-order valence-electron chi connectivity index (χ0n) is 27.4. The maximum Gasteiger partial charge on any atom is 0.247 e. The molecule has 0 aliphatic carbocycles. The number of ether oxygens (including phenoxy) is 1. The van der Waals surface area contributed by atoms with Crippen molar-refractivity contribution >= 4 is 51.4 Å². The Morgan fingerprint density at radius 1 is 0.960 bits per heavy atom. The van der Waals surface area contributed by atoms with E-state index in [-0.39, 0.29) is 18.3 Å². The number of piperazine rings is 1. The predicted molar refractivity (Wildman–Crippen MR) is 199 cm³/mol. The molecule has 50 heavy (non-hydrogen) atoms. The zero-order chi connectivity index (χ0) is 34.6. The molecule has 1 saturated heterocycles. The molecule has 252 valence electrons. The fourth-order valence-corrected chi connectivity index (χ4v) is 6.33. The van der Waals surface area contributed by atoms with E-state index in [0.717, 1.165) is 53.9 Å². The summed E-state index contributed by atoms with van der Waals surface area (Å²) in [6.07, 6.45) is 2.74. The third kappa shape index (κ3) is 7.17. The molecule has 7 rings (SSSR count). The lowest BCUT2D eigenvalue weighted by Crippen LogP contribution is -2.44. The van der Waals surface area contributed by atoms with Gasteiger partial charge in [0, 0.05) is 48.8 Å². The SMILES string of the molecule is C=CC(=O)Nc1cccc(-c2c(-c3ccc(N4CCN(C)CC4)cc3)[nH]c3ncnc(Nc4ccc(OCc5cccc(F)c5)c(Cl)c4)c23)c1. The van der Waals surface area contributed by atoms with Gasteiger partial charge in [-0.1, -0.05) is 54.6 Å². The van der Waals surface area contributed by atoms with Crippen molar-refractivity contribution in [2.75, 3.05) is 48.8 Å². The normalized spacial score (nSPS) is 13.3. The summed E-state index contributed by atoms with van der Waals surface area (Å²) in [6, 6.07) is 27.8. The first kappa shape index (κ1) is 32.8. The van der Waals surface area contributed by atoms with Crippen LogP contribution in [0.4, 0.5) is 27.3 Å². The number of nitrogens with one attached hydrogen (secondary N) is 3. The van der Waals surface area contributed by atoms with Gasteiger partial charge in [-0.25, -0.2) is 14.4 Å². The van der Waals surface area contributed by atoms with Gasteiger partial charge in [-0.2, -0.15) is 0 Å². The largest absolute Gasteiger partial charge is 0.487 e. The highest BCUT2D eigenvalue weighted by Crippen LogP contribution is 2.42. The number of benzene rings is 4. The number of carbonyl (C=O) groups is 1. The van der Waals surface area contributed by atoms with Crippen molar-refractivity contribution in [3.05, 3.63) is 126 Å². The second-order valence-corrected chi connectivity index (χ2v) is 12.5. The Balaban J connectivity index is 1.25. The lowest BCUT2D eigenvalue weighted by atomic mass is 9.98. The minimum atomic E-state index is -0.323. The van der Waals surface area contributed by atoms with Gasteiger partial charge >= 0.3 is 0 Å². The summed E-state index contributed by atoms with van der Waals surface area (Å²) in [5, 5.41) is 7.45. The molecule has 0 bridgehead atoms. The molecular formula is C39H35ClFN7O2. The van der Waals surface area contributed by atoms with E-state index in [1.165, 1.54) is 30.2 Å². The predicted octanol–water partition coefficient (Wildman–Crippen LogP) is 8.28. The van der Waals surface area contributed by atoms with E-state index in [0.29, 0.717) is 39.2 Å². The minimum Gasteiger partial charge on any atom is -0.487 e. The van der Waals surface area contributed by atoms with Crippen LogP contribution in [0.15, 0.2) is 110 Å². The van der Waals surface area contributed by atoms with Gasteiger partial charge in [-0.15, -0.1) is 0 Å². The second-order valence-electron chi connectivity index (χ2n) is 12.1. The molecule has 1 aliphatic rings. The number of H-pyrrole nitrogens is 1. The topological polar surface area (TPSA) is 98.4 Å². The van der Waals surface area contributed by atoms with Crippen LogP contribution in [0, 0.1) is 5.82 Å². The molecule has 0 spiro atoms. The fraction of sp³-hybridized carbons (Fsp3) is 0.154. The van der Waals surface area contributed by atoms with E-state index >= 15 is 0 Å². The Labute approximate surface area is 294 Å². The number of anilines is 4. The standard InChI is InChI=1S/C39H35ClFN7O2/c1-3-34(49)44-29-9-5-7-27(21-29)35-36-38(45-30-12-15-33(32(40)22-30)50-23-25-6-4-8-28(41)20-25)42-24-43-39(36)46-37(35)26-10-13-31(14-11-26)48-18-16-47(2)17-19-48/h3-15,20-22,24H,1,16-19,23H2,2H3,(H,44,49)(H2,42,43,45,46). The monoisotopic (exact) mass is 687 g/mol. The average molecular weight is 688 g/mol. The Bertz CT molecular complexity index is 2180. The fourth-order valence-electron chi connectivity index (χ4n) is 6.09. The Morgan fingerprint density at radius 3 is 2.52 bits per heavy atom. The number of fused-ring (bicyclic) bond motifs is 1. The van der Waals surface area contributed by atoms with Crippen molar-refractivity contribution in [3.63, 3.8) is 0 Å². The van der Waals surface area contributed by atoms with Crippen molar-refractivity contribution in [2.24, 2.45) is 0 Å². The van der Waals surface area contributed by atoms with E-state index in [4.69, 9.17) is 16.3 Å². The van der Waals surface area contributed by atoms with Gasteiger partial charge in [-0.3, -0.25) is 4.79 Å². The summed E-state index contributed by atoms with van der Waals surface area (Å²) in [4.78, 5) is 29.7. The van der Waals surface area contributed by atoms with E-state index in [1.54, 1.807) is 24.3 Å². The van der Waals surface area contributed by atoms with Crippen molar-refractivity contribution < 1.29 is 13.9 Å². The van der Waals surface area contributed by atoms with Crippen LogP contribution in [-0.2, 0) is 11.4 Å². The molecule has 0 unspecified atom stereocenters. The molecule has 3 heterocycles. The van der Waals surface area contributed by atoms with Crippen LogP contribution in [-0.4, -0.2) is 59.0 Å². The van der Waals surface area contributed by atoms with Crippen LogP contribution in [0.5, 0.6) is 5.75 Å². The second kappa shape index (κ2) is 14.4. The van der Waals surface area contributed by atoms with Crippen LogP contribution in [0.1, 0.15) is 5.56 Å². The number of hydrogen-bond acceptors (Lipinski definition) is 7. The van der Waals surface area contributed by atoms with Crippen molar-refractivity contribution in [1.29, 1.82) is 0 Å². The first-order valence-electron chi connectivity index (χ1n) is 16.2. The van der Waals surface area contributed by atoms with Crippen LogP contribution >= 0.6 is 11.6 Å². The molecule has 9 nitrogen and oxygen atoms in total. The van der Waals surface area contributed by atoms with Gasteiger partial charge in [0.1, 0.15) is 36.0 Å². The van der Waals surface area contributed by atoms with Crippen LogP contribution < -0.4 is 20.3 Å². The molecule has 11 heteroatoms. The Hall–Kier alpha value is -5.71. The van der Waals surface area contributed by atoms with E-state index in [9.17, 15) is 9.18 Å². The molecule has 1 amide bonds. The third-order valence-corrected chi connectivity index (χ3v) is 8.99. The quantitative estimate of drug-likeness (QED) is 0.125. The number of hydrogen-bond donors (Lipinski definition) is 3. The third-order valence-electron chi connectivity index (χ3n) is 8.70. The Morgan fingerprint density at radius 2 is 1.76 bits per heavy atom. The zero-order valence-corrected chi connectivity index (χ0v) is 28.2. The summed E-state index contributed by atoms with van der Waals surface area (Å²) in [5.74, 6) is 0.409. The number of amides is 1. The molecule has 6 aromatic rings. The summed E-state index contributed by atoms with van der Waals surface area (Å²) >= 11 is 6.64. The number of halogens is 2. The molecular weight excluding hydrogens is 653 g/mol. The first-order chi connectivity index (χ1) is 24.3. The Kier molecular flexibility index (Phi) is 9.46. The number of carbonyl (C=O) groups excluding carboxylic acids is 1. The first-order valence-corrected chi connectivity index (χ1v) is 16.6. The van der Waals surface area contributed by atoms with Gasteiger partial charge in [0.05, 0.1) is 16.1 Å². The molecule has 1 fully saturated rings. The molecule has 4 aromatic carbocycles. The van der Waals surface area contributed by atoms with Gasteiger partial charge < -0.3 is 30.2 Å². The lowest BCUT2D eigenvalue weighted by Gasteiger charge is -2.34. The van der Waals surface area contributed by atoms with Crippen molar-refractivity contribution in [2.45, 2.75) is 6.61 Å². The number of likely N-dealkylation sites (N-methyl/N-ethyl adjacent to an activating group) is 1. The minimum absolute atomic E-state index is 0.176. The number of nitrogens with zero attached hydrogens (tertiary/aromatic N) is 4. The van der Waals surface area contributed by atoms with Crippen LogP contribution in [0.25, 0.3) is 33.4 Å². The van der Waals surface area contributed by atoms with Crippen LogP contribution in [0.3, 0.4) is 0 Å². The molecule has 1 aliphatic heterocycles. The van der Waals surface area contributed by atoms with Crippen molar-refractivity contribution in [3.8, 4) is 28.1 Å². The highest BCUT2D eigenvalue weighted by atomic mass is 35.5.